The minimum Gasteiger partial charge on any atom is -0.370 e. The van der Waals surface area contributed by atoms with Crippen LogP contribution in [0.25, 0.3) is 0 Å². The molecule has 1 radical (unpaired) electrons. The van der Waals surface area contributed by atoms with Crippen LogP contribution in [0.15, 0.2) is 29.5 Å². The van der Waals surface area contributed by atoms with E-state index in [2.05, 4.69) is 43.3 Å². The zero-order valence-electron chi connectivity index (χ0n) is 6.26. The molecule has 0 saturated heterocycles. The van der Waals surface area contributed by atoms with Crippen molar-refractivity contribution in [3.63, 3.8) is 0 Å². The van der Waals surface area contributed by atoms with Gasteiger partial charge in [0, 0.05) is 7.05 Å². The van der Waals surface area contributed by atoms with Crippen molar-refractivity contribution < 1.29 is 0 Å². The summed E-state index contributed by atoms with van der Waals surface area (Å²) in [7, 11) is 2.09. The second-order valence-electron chi connectivity index (χ2n) is 2.86. The second-order valence-corrected chi connectivity index (χ2v) is 2.86. The molecule has 2 rings (SSSR count). The molecule has 0 aromatic carbocycles. The van der Waals surface area contributed by atoms with Crippen LogP contribution < -0.4 is 0 Å². The van der Waals surface area contributed by atoms with Gasteiger partial charge in [0.05, 0.1) is 6.04 Å². The first-order chi connectivity index (χ1) is 4.77. The smallest absolute Gasteiger partial charge is 0.0730 e. The molecule has 1 nitrogen and oxygen atoms in total. The number of nitrogens with zero attached hydrogens (tertiary/aromatic N) is 1. The van der Waals surface area contributed by atoms with E-state index in [9.17, 15) is 0 Å². The lowest BCUT2D eigenvalue weighted by Crippen LogP contribution is -2.19. The van der Waals surface area contributed by atoms with Gasteiger partial charge in [-0.25, -0.2) is 0 Å². The maximum Gasteiger partial charge on any atom is 0.0730 e. The van der Waals surface area contributed by atoms with Crippen LogP contribution in [0.2, 0.25) is 0 Å². The zero-order valence-corrected chi connectivity index (χ0v) is 6.26. The lowest BCUT2D eigenvalue weighted by molar-refractivity contribution is 0.452. The lowest BCUT2D eigenvalue weighted by Gasteiger charge is -2.15. The summed E-state index contributed by atoms with van der Waals surface area (Å²) < 4.78 is 0. The Morgan fingerprint density at radius 2 is 2.40 bits per heavy atom. The molecule has 1 aliphatic heterocycles. The van der Waals surface area contributed by atoms with Crippen molar-refractivity contribution in [2.75, 3.05) is 7.05 Å². The predicted octanol–water partition coefficient (Wildman–Crippen LogP) is 1.50. The quantitative estimate of drug-likeness (QED) is 0.483. The van der Waals surface area contributed by atoms with E-state index in [0.29, 0.717) is 6.04 Å². The zero-order chi connectivity index (χ0) is 7.14. The summed E-state index contributed by atoms with van der Waals surface area (Å²) in [6.07, 6.45) is 9.74. The van der Waals surface area contributed by atoms with E-state index in [1.54, 1.807) is 0 Å². The molecule has 0 N–H and O–H groups in total. The van der Waals surface area contributed by atoms with Crippen molar-refractivity contribution >= 4 is 0 Å². The van der Waals surface area contributed by atoms with Gasteiger partial charge in [0.2, 0.25) is 0 Å². The largest absolute Gasteiger partial charge is 0.370 e. The summed E-state index contributed by atoms with van der Waals surface area (Å²) in [6, 6.07) is 0.486. The van der Waals surface area contributed by atoms with Crippen LogP contribution in [-0.4, -0.2) is 18.0 Å². The number of likely N-dealkylation sites (N-methyl/N-ethyl adjacent to an activating group) is 1. The monoisotopic (exact) mass is 132 g/mol. The first-order valence-corrected chi connectivity index (χ1v) is 3.50. The second kappa shape index (κ2) is 1.75. The Labute approximate surface area is 61.3 Å². The molecule has 0 fully saturated rings. The predicted molar refractivity (Wildman–Crippen MR) is 41.2 cm³/mol. The highest BCUT2D eigenvalue weighted by molar-refractivity contribution is 5.43. The third kappa shape index (κ3) is 0.635. The van der Waals surface area contributed by atoms with Crippen LogP contribution in [0.3, 0.4) is 0 Å². The SMILES string of the molecule is CC1=CC2C(=[C]1)C=CN2C. The highest BCUT2D eigenvalue weighted by atomic mass is 15.1. The molecule has 2 aliphatic rings. The minimum absolute atomic E-state index is 0.486. The first-order valence-electron chi connectivity index (χ1n) is 3.50. The van der Waals surface area contributed by atoms with Gasteiger partial charge >= 0.3 is 0 Å². The molecule has 1 heteroatoms. The van der Waals surface area contributed by atoms with E-state index < -0.39 is 0 Å². The number of allylic oxidation sites excluding steroid dienone is 2. The van der Waals surface area contributed by atoms with Crippen molar-refractivity contribution in [3.05, 3.63) is 35.6 Å². The molecule has 1 atom stereocenters. The standard InChI is InChI=1S/C9H10N/c1-7-5-8-3-4-10(2)9(8)6-7/h3-4,6,9H,1-2H3. The van der Waals surface area contributed by atoms with Gasteiger partial charge < -0.3 is 4.90 Å². The molecule has 1 unspecified atom stereocenters. The summed E-state index contributed by atoms with van der Waals surface area (Å²) in [4.78, 5) is 2.19. The summed E-state index contributed by atoms with van der Waals surface area (Å²) >= 11 is 0. The van der Waals surface area contributed by atoms with E-state index in [1.807, 2.05) is 0 Å². The van der Waals surface area contributed by atoms with Crippen LogP contribution in [0.4, 0.5) is 0 Å². The molecule has 0 aromatic rings. The van der Waals surface area contributed by atoms with Gasteiger partial charge in [0.25, 0.3) is 0 Å². The Kier molecular flexibility index (Phi) is 1.01. The average molecular weight is 132 g/mol. The molecule has 0 amide bonds. The number of rotatable bonds is 0. The van der Waals surface area contributed by atoms with Crippen molar-refractivity contribution in [1.82, 2.24) is 4.90 Å². The molecule has 0 aromatic heterocycles. The van der Waals surface area contributed by atoms with E-state index in [-0.39, 0.29) is 0 Å². The summed E-state index contributed by atoms with van der Waals surface area (Å²) in [5, 5.41) is 0. The first kappa shape index (κ1) is 5.78. The summed E-state index contributed by atoms with van der Waals surface area (Å²) in [5.74, 6) is 0. The van der Waals surface area contributed by atoms with E-state index in [4.69, 9.17) is 0 Å². The maximum absolute atomic E-state index is 3.30. The molecular weight excluding hydrogens is 122 g/mol. The lowest BCUT2D eigenvalue weighted by atomic mass is 10.2. The summed E-state index contributed by atoms with van der Waals surface area (Å²) in [5.41, 5.74) is 2.57. The van der Waals surface area contributed by atoms with Crippen molar-refractivity contribution in [3.8, 4) is 0 Å². The Hall–Kier alpha value is -0.980. The highest BCUT2D eigenvalue weighted by Crippen LogP contribution is 2.26. The molecule has 0 spiro atoms. The van der Waals surface area contributed by atoms with Crippen LogP contribution in [-0.2, 0) is 0 Å². The topological polar surface area (TPSA) is 3.24 Å². The maximum atomic E-state index is 3.30. The van der Waals surface area contributed by atoms with Crippen LogP contribution in [0.1, 0.15) is 6.92 Å². The summed E-state index contributed by atoms with van der Waals surface area (Å²) in [6.45, 7) is 2.09. The molecule has 1 aliphatic carbocycles. The van der Waals surface area contributed by atoms with Gasteiger partial charge in [-0.05, 0) is 36.4 Å². The van der Waals surface area contributed by atoms with Gasteiger partial charge in [0.1, 0.15) is 0 Å². The number of hydrogen-bond donors (Lipinski definition) is 0. The van der Waals surface area contributed by atoms with Gasteiger partial charge in [-0.1, -0.05) is 6.08 Å². The highest BCUT2D eigenvalue weighted by Gasteiger charge is 2.22. The number of hydrogen-bond acceptors (Lipinski definition) is 1. The van der Waals surface area contributed by atoms with E-state index in [1.165, 1.54) is 11.1 Å². The van der Waals surface area contributed by atoms with Crippen LogP contribution in [0, 0.1) is 6.08 Å². The van der Waals surface area contributed by atoms with Gasteiger partial charge in [-0.15, -0.1) is 0 Å². The Morgan fingerprint density at radius 1 is 1.60 bits per heavy atom. The third-order valence-corrected chi connectivity index (χ3v) is 2.00. The third-order valence-electron chi connectivity index (χ3n) is 2.00. The normalized spacial score (nSPS) is 28.6. The fraction of sp³-hybridized carbons (Fsp3) is 0.333. The Bertz CT molecular complexity index is 245. The van der Waals surface area contributed by atoms with Crippen molar-refractivity contribution in [1.29, 1.82) is 0 Å². The molecule has 10 heavy (non-hydrogen) atoms. The number of fused-ring (bicyclic) bond motifs is 1. The Balaban J connectivity index is 2.37. The fourth-order valence-electron chi connectivity index (χ4n) is 1.44. The van der Waals surface area contributed by atoms with Crippen LogP contribution >= 0.6 is 0 Å². The Morgan fingerprint density at radius 3 is 3.10 bits per heavy atom. The van der Waals surface area contributed by atoms with Crippen molar-refractivity contribution in [2.45, 2.75) is 13.0 Å². The molecule has 0 saturated carbocycles. The van der Waals surface area contributed by atoms with Gasteiger partial charge in [-0.3, -0.25) is 0 Å². The molecule has 1 heterocycles. The van der Waals surface area contributed by atoms with Gasteiger partial charge in [-0.2, -0.15) is 0 Å². The average Bonchev–Trinajstić information content (AvgIpc) is 2.35. The molecule has 51 valence electrons. The molecular formula is C9H10N. The fourth-order valence-corrected chi connectivity index (χ4v) is 1.44. The van der Waals surface area contributed by atoms with Gasteiger partial charge in [0.15, 0.2) is 0 Å². The van der Waals surface area contributed by atoms with Crippen LogP contribution in [0.5, 0.6) is 0 Å². The molecule has 0 bridgehead atoms. The van der Waals surface area contributed by atoms with E-state index in [0.717, 1.165) is 0 Å². The van der Waals surface area contributed by atoms with E-state index >= 15 is 0 Å². The minimum atomic E-state index is 0.486. The van der Waals surface area contributed by atoms with Crippen molar-refractivity contribution in [2.24, 2.45) is 0 Å².